The normalized spacial score (nSPS) is 15.3. The molecule has 0 radical (unpaired) electrons. The number of hydrogen-bond acceptors (Lipinski definition) is 4. The molecule has 7 nitrogen and oxygen atoms in total. The molecule has 1 amide bonds. The average Bonchev–Trinajstić information content (AvgIpc) is 3.31. The van der Waals surface area contributed by atoms with Crippen LogP contribution in [-0.2, 0) is 6.54 Å². The van der Waals surface area contributed by atoms with Crippen molar-refractivity contribution in [2.24, 2.45) is 0 Å². The Bertz CT molecular complexity index is 924. The summed E-state index contributed by atoms with van der Waals surface area (Å²) in [6, 6.07) is 6.46. The molecule has 2 N–H and O–H groups in total. The van der Waals surface area contributed by atoms with E-state index in [0.29, 0.717) is 18.3 Å². The lowest BCUT2D eigenvalue weighted by Crippen LogP contribution is -2.23. The Hall–Kier alpha value is -3.03. The van der Waals surface area contributed by atoms with Gasteiger partial charge in [-0.25, -0.2) is 9.07 Å². The minimum absolute atomic E-state index is 0.272. The van der Waals surface area contributed by atoms with Crippen molar-refractivity contribution in [3.63, 3.8) is 0 Å². The van der Waals surface area contributed by atoms with Crippen molar-refractivity contribution in [2.75, 3.05) is 0 Å². The smallest absolute Gasteiger partial charge is 0.273 e. The van der Waals surface area contributed by atoms with Gasteiger partial charge in [0, 0.05) is 17.7 Å². The topological polar surface area (TPSA) is 88.5 Å². The van der Waals surface area contributed by atoms with Crippen molar-refractivity contribution >= 4 is 5.91 Å². The molecule has 0 aliphatic heterocycles. The number of carbonyl (C=O) groups excluding carboxylic acids is 1. The van der Waals surface area contributed by atoms with E-state index in [-0.39, 0.29) is 11.7 Å². The highest BCUT2D eigenvalue weighted by Gasteiger charge is 2.18. The van der Waals surface area contributed by atoms with Gasteiger partial charge in [-0.3, -0.25) is 9.89 Å². The van der Waals surface area contributed by atoms with Gasteiger partial charge in [-0.2, -0.15) is 5.10 Å². The summed E-state index contributed by atoms with van der Waals surface area (Å²) in [5.74, 6) is -0.569. The van der Waals surface area contributed by atoms with Gasteiger partial charge >= 0.3 is 0 Å². The molecule has 1 aliphatic carbocycles. The Morgan fingerprint density at radius 2 is 1.93 bits per heavy atom. The molecule has 2 heterocycles. The fourth-order valence-corrected chi connectivity index (χ4v) is 3.66. The zero-order valence-electron chi connectivity index (χ0n) is 15.6. The van der Waals surface area contributed by atoms with Gasteiger partial charge in [-0.05, 0) is 37.1 Å². The van der Waals surface area contributed by atoms with E-state index in [9.17, 15) is 9.18 Å². The summed E-state index contributed by atoms with van der Waals surface area (Å²) < 4.78 is 15.0. The van der Waals surface area contributed by atoms with Gasteiger partial charge in [0.1, 0.15) is 5.82 Å². The summed E-state index contributed by atoms with van der Waals surface area (Å²) in [7, 11) is 0. The zero-order chi connectivity index (χ0) is 19.3. The molecular weight excluding hydrogens is 359 g/mol. The van der Waals surface area contributed by atoms with E-state index in [1.807, 2.05) is 4.68 Å². The standard InChI is InChI=1S/C20H23FN6O/c21-16-9-7-14(8-10-16)19-15(12-23-25-19)11-22-20(28)18-13-27(26-24-18)17-5-3-1-2-4-6-17/h7-10,12-13,17H,1-6,11H2,(H,22,28)(H,23,25). The highest BCUT2D eigenvalue weighted by molar-refractivity contribution is 5.91. The van der Waals surface area contributed by atoms with Crippen LogP contribution in [0, 0.1) is 5.82 Å². The minimum Gasteiger partial charge on any atom is -0.346 e. The molecule has 8 heteroatoms. The number of rotatable bonds is 5. The van der Waals surface area contributed by atoms with Gasteiger partial charge in [-0.1, -0.05) is 30.9 Å². The number of nitrogens with one attached hydrogen (secondary N) is 2. The Morgan fingerprint density at radius 1 is 1.18 bits per heavy atom. The number of nitrogens with zero attached hydrogens (tertiary/aromatic N) is 4. The predicted molar refractivity (Wildman–Crippen MR) is 102 cm³/mol. The molecule has 1 aromatic carbocycles. The van der Waals surface area contributed by atoms with Crippen molar-refractivity contribution in [1.29, 1.82) is 0 Å². The summed E-state index contributed by atoms with van der Waals surface area (Å²) in [6.07, 6.45) is 10.5. The molecule has 1 aliphatic rings. The largest absolute Gasteiger partial charge is 0.346 e. The summed E-state index contributed by atoms with van der Waals surface area (Å²) in [5.41, 5.74) is 2.69. The van der Waals surface area contributed by atoms with Crippen LogP contribution in [0.2, 0.25) is 0 Å². The molecular formula is C20H23FN6O. The van der Waals surface area contributed by atoms with Crippen LogP contribution in [0.25, 0.3) is 11.3 Å². The lowest BCUT2D eigenvalue weighted by atomic mass is 10.1. The second-order valence-electron chi connectivity index (χ2n) is 7.19. The molecule has 0 atom stereocenters. The van der Waals surface area contributed by atoms with Gasteiger partial charge in [0.05, 0.1) is 24.1 Å². The van der Waals surface area contributed by atoms with Crippen LogP contribution in [0.15, 0.2) is 36.7 Å². The number of halogens is 1. The SMILES string of the molecule is O=C(NCc1cn[nH]c1-c1ccc(F)cc1)c1cn(C2CCCCCC2)nn1. The monoisotopic (exact) mass is 382 g/mol. The number of H-pyrrole nitrogens is 1. The number of benzene rings is 1. The average molecular weight is 382 g/mol. The highest BCUT2D eigenvalue weighted by Crippen LogP contribution is 2.26. The van der Waals surface area contributed by atoms with Crippen molar-refractivity contribution < 1.29 is 9.18 Å². The first kappa shape index (κ1) is 18.3. The number of hydrogen-bond donors (Lipinski definition) is 2. The van der Waals surface area contributed by atoms with Crippen LogP contribution in [-0.4, -0.2) is 31.1 Å². The zero-order valence-corrected chi connectivity index (χ0v) is 15.6. The van der Waals surface area contributed by atoms with E-state index >= 15 is 0 Å². The third-order valence-corrected chi connectivity index (χ3v) is 5.23. The first-order valence-corrected chi connectivity index (χ1v) is 9.69. The third-order valence-electron chi connectivity index (χ3n) is 5.23. The van der Waals surface area contributed by atoms with E-state index in [1.165, 1.54) is 37.8 Å². The van der Waals surface area contributed by atoms with Gasteiger partial charge in [0.25, 0.3) is 5.91 Å². The van der Waals surface area contributed by atoms with Crippen LogP contribution in [0.3, 0.4) is 0 Å². The van der Waals surface area contributed by atoms with E-state index in [2.05, 4.69) is 25.8 Å². The van der Waals surface area contributed by atoms with Gasteiger partial charge in [-0.15, -0.1) is 5.10 Å². The van der Waals surface area contributed by atoms with Gasteiger partial charge < -0.3 is 5.32 Å². The maximum absolute atomic E-state index is 13.1. The van der Waals surface area contributed by atoms with Crippen molar-refractivity contribution in [3.05, 3.63) is 53.7 Å². The van der Waals surface area contributed by atoms with Crippen LogP contribution in [0.5, 0.6) is 0 Å². The first-order valence-electron chi connectivity index (χ1n) is 9.69. The molecule has 28 heavy (non-hydrogen) atoms. The predicted octanol–water partition coefficient (Wildman–Crippen LogP) is 3.63. The molecule has 0 spiro atoms. The van der Waals surface area contributed by atoms with Gasteiger partial charge in [0.15, 0.2) is 5.69 Å². The van der Waals surface area contributed by atoms with E-state index in [0.717, 1.165) is 29.7 Å². The molecule has 4 rings (SSSR count). The molecule has 0 unspecified atom stereocenters. The summed E-state index contributed by atoms with van der Waals surface area (Å²) in [4.78, 5) is 12.5. The molecule has 2 aromatic heterocycles. The van der Waals surface area contributed by atoms with Crippen LogP contribution in [0.4, 0.5) is 4.39 Å². The number of carbonyl (C=O) groups is 1. The first-order chi connectivity index (χ1) is 13.7. The molecule has 0 bridgehead atoms. The minimum atomic E-state index is -0.296. The second-order valence-corrected chi connectivity index (χ2v) is 7.19. The van der Waals surface area contributed by atoms with Crippen LogP contribution in [0.1, 0.15) is 60.6 Å². The maximum atomic E-state index is 13.1. The molecule has 146 valence electrons. The molecule has 1 fully saturated rings. The quantitative estimate of drug-likeness (QED) is 0.660. The highest BCUT2D eigenvalue weighted by atomic mass is 19.1. The lowest BCUT2D eigenvalue weighted by Gasteiger charge is -2.12. The lowest BCUT2D eigenvalue weighted by molar-refractivity contribution is 0.0946. The Kier molecular flexibility index (Phi) is 5.45. The molecule has 3 aromatic rings. The Labute approximate surface area is 162 Å². The Morgan fingerprint density at radius 3 is 2.68 bits per heavy atom. The van der Waals surface area contributed by atoms with Gasteiger partial charge in [0.2, 0.25) is 0 Å². The number of amides is 1. The van der Waals surface area contributed by atoms with Crippen molar-refractivity contribution in [1.82, 2.24) is 30.5 Å². The fraction of sp³-hybridized carbons (Fsp3) is 0.400. The molecule has 1 saturated carbocycles. The fourth-order valence-electron chi connectivity index (χ4n) is 3.66. The number of aromatic amines is 1. The summed E-state index contributed by atoms with van der Waals surface area (Å²) in [6.45, 7) is 0.290. The maximum Gasteiger partial charge on any atom is 0.273 e. The number of aromatic nitrogens is 5. The van der Waals surface area contributed by atoms with Crippen molar-refractivity contribution in [3.8, 4) is 11.3 Å². The Balaban J connectivity index is 1.40. The third kappa shape index (κ3) is 4.11. The van der Waals surface area contributed by atoms with Crippen LogP contribution < -0.4 is 5.32 Å². The second kappa shape index (κ2) is 8.33. The molecule has 0 saturated heterocycles. The summed E-state index contributed by atoms with van der Waals surface area (Å²) in [5, 5.41) is 18.0. The van der Waals surface area contributed by atoms with E-state index < -0.39 is 0 Å². The summed E-state index contributed by atoms with van der Waals surface area (Å²) >= 11 is 0. The van der Waals surface area contributed by atoms with E-state index in [1.54, 1.807) is 24.5 Å². The van der Waals surface area contributed by atoms with Crippen molar-refractivity contribution in [2.45, 2.75) is 51.1 Å². The van der Waals surface area contributed by atoms with E-state index in [4.69, 9.17) is 0 Å². The van der Waals surface area contributed by atoms with Crippen LogP contribution >= 0.6 is 0 Å².